The highest BCUT2D eigenvalue weighted by Crippen LogP contribution is 2.14. The van der Waals surface area contributed by atoms with Crippen LogP contribution in [0, 0.1) is 0 Å². The molecule has 0 aliphatic rings. The largest absolute Gasteiger partial charge is 0.369 e. The average molecular weight is 205 g/mol. The van der Waals surface area contributed by atoms with E-state index in [4.69, 9.17) is 5.73 Å². The summed E-state index contributed by atoms with van der Waals surface area (Å²) in [5, 5.41) is 0. The lowest BCUT2D eigenvalue weighted by Gasteiger charge is -2.19. The maximum atomic E-state index is 5.73. The quantitative estimate of drug-likeness (QED) is 0.765. The predicted octanol–water partition coefficient (Wildman–Crippen LogP) is 2.11. The van der Waals surface area contributed by atoms with Gasteiger partial charge in [0.15, 0.2) is 0 Å². The van der Waals surface area contributed by atoms with E-state index in [1.165, 1.54) is 0 Å². The first-order valence-corrected chi connectivity index (χ1v) is 5.07. The van der Waals surface area contributed by atoms with Gasteiger partial charge in [-0.3, -0.25) is 4.98 Å². The van der Waals surface area contributed by atoms with Crippen molar-refractivity contribution in [2.45, 2.75) is 19.9 Å². The van der Waals surface area contributed by atoms with Gasteiger partial charge in [0.05, 0.1) is 17.6 Å². The standard InChI is InChI=1S/C12H19N3/c1-9(2)8-15(4)11-5-6-12(10(3)13)14-7-11/h5-7,10H,1,8,13H2,2-4H3/t10-/m1/s1. The minimum atomic E-state index is -0.00880. The number of aromatic nitrogens is 1. The van der Waals surface area contributed by atoms with Crippen LogP contribution in [0.25, 0.3) is 0 Å². The molecule has 1 heterocycles. The summed E-state index contributed by atoms with van der Waals surface area (Å²) >= 11 is 0. The first kappa shape index (κ1) is 11.7. The molecule has 0 amide bonds. The van der Waals surface area contributed by atoms with Crippen molar-refractivity contribution in [3.8, 4) is 0 Å². The molecule has 1 aromatic heterocycles. The van der Waals surface area contributed by atoms with E-state index >= 15 is 0 Å². The molecule has 0 spiro atoms. The van der Waals surface area contributed by atoms with E-state index in [1.54, 1.807) is 0 Å². The highest BCUT2D eigenvalue weighted by Gasteiger charge is 2.03. The van der Waals surface area contributed by atoms with Crippen LogP contribution in [0.1, 0.15) is 25.6 Å². The van der Waals surface area contributed by atoms with Crippen LogP contribution >= 0.6 is 0 Å². The van der Waals surface area contributed by atoms with Gasteiger partial charge in [0.1, 0.15) is 0 Å². The molecule has 0 aliphatic heterocycles. The molecule has 1 aromatic rings. The minimum absolute atomic E-state index is 0.00880. The maximum absolute atomic E-state index is 5.73. The number of pyridine rings is 1. The van der Waals surface area contributed by atoms with Crippen molar-refractivity contribution in [2.75, 3.05) is 18.5 Å². The third-order valence-electron chi connectivity index (χ3n) is 2.19. The molecule has 0 bridgehead atoms. The number of hydrogen-bond donors (Lipinski definition) is 1. The summed E-state index contributed by atoms with van der Waals surface area (Å²) in [7, 11) is 2.03. The van der Waals surface area contributed by atoms with Gasteiger partial charge in [-0.1, -0.05) is 12.2 Å². The molecule has 0 unspecified atom stereocenters. The van der Waals surface area contributed by atoms with Gasteiger partial charge in [-0.05, 0) is 26.0 Å². The second kappa shape index (κ2) is 4.94. The number of likely N-dealkylation sites (N-methyl/N-ethyl adjacent to an activating group) is 1. The molecule has 82 valence electrons. The van der Waals surface area contributed by atoms with Crippen molar-refractivity contribution < 1.29 is 0 Å². The summed E-state index contributed by atoms with van der Waals surface area (Å²) in [5.74, 6) is 0. The van der Waals surface area contributed by atoms with E-state index in [1.807, 2.05) is 39.2 Å². The summed E-state index contributed by atoms with van der Waals surface area (Å²) in [6.07, 6.45) is 1.85. The Balaban J connectivity index is 2.75. The lowest BCUT2D eigenvalue weighted by molar-refractivity contribution is 0.780. The summed E-state index contributed by atoms with van der Waals surface area (Å²) in [5.41, 5.74) is 8.87. The van der Waals surface area contributed by atoms with Gasteiger partial charge in [-0.2, -0.15) is 0 Å². The SMILES string of the molecule is C=C(C)CN(C)c1ccc([C@@H](C)N)nc1. The van der Waals surface area contributed by atoms with Crippen LogP contribution in [0.3, 0.4) is 0 Å². The van der Waals surface area contributed by atoms with Gasteiger partial charge in [0.25, 0.3) is 0 Å². The molecule has 0 aliphatic carbocycles. The Labute approximate surface area is 91.6 Å². The number of anilines is 1. The Kier molecular flexibility index (Phi) is 3.86. The van der Waals surface area contributed by atoms with Gasteiger partial charge in [0, 0.05) is 19.6 Å². The summed E-state index contributed by atoms with van der Waals surface area (Å²) in [6.45, 7) is 8.68. The van der Waals surface area contributed by atoms with Crippen LogP contribution in [-0.2, 0) is 0 Å². The topological polar surface area (TPSA) is 42.1 Å². The summed E-state index contributed by atoms with van der Waals surface area (Å²) in [6, 6.07) is 3.99. The van der Waals surface area contributed by atoms with Crippen molar-refractivity contribution in [3.63, 3.8) is 0 Å². The molecule has 15 heavy (non-hydrogen) atoms. The minimum Gasteiger partial charge on any atom is -0.369 e. The second-order valence-corrected chi connectivity index (χ2v) is 4.04. The summed E-state index contributed by atoms with van der Waals surface area (Å²) in [4.78, 5) is 6.42. The molecule has 2 N–H and O–H groups in total. The Hall–Kier alpha value is -1.35. The van der Waals surface area contributed by atoms with Gasteiger partial charge < -0.3 is 10.6 Å². The number of nitrogens with zero attached hydrogens (tertiary/aromatic N) is 2. The maximum Gasteiger partial charge on any atom is 0.0569 e. The Morgan fingerprint density at radius 2 is 2.27 bits per heavy atom. The van der Waals surface area contributed by atoms with Crippen molar-refractivity contribution in [2.24, 2.45) is 5.73 Å². The first-order chi connectivity index (χ1) is 7.00. The molecular formula is C12H19N3. The van der Waals surface area contributed by atoms with Crippen molar-refractivity contribution in [1.82, 2.24) is 4.98 Å². The van der Waals surface area contributed by atoms with Crippen LogP contribution in [0.5, 0.6) is 0 Å². The van der Waals surface area contributed by atoms with Gasteiger partial charge in [-0.15, -0.1) is 0 Å². The average Bonchev–Trinajstić information content (AvgIpc) is 2.17. The molecule has 1 atom stereocenters. The van der Waals surface area contributed by atoms with Crippen LogP contribution in [0.15, 0.2) is 30.5 Å². The smallest absolute Gasteiger partial charge is 0.0569 e. The monoisotopic (exact) mass is 205 g/mol. The van der Waals surface area contributed by atoms with Crippen LogP contribution in [0.4, 0.5) is 5.69 Å². The van der Waals surface area contributed by atoms with Crippen molar-refractivity contribution in [1.29, 1.82) is 0 Å². The summed E-state index contributed by atoms with van der Waals surface area (Å²) < 4.78 is 0. The van der Waals surface area contributed by atoms with E-state index in [0.717, 1.165) is 23.5 Å². The molecular weight excluding hydrogens is 186 g/mol. The fourth-order valence-corrected chi connectivity index (χ4v) is 1.39. The zero-order valence-corrected chi connectivity index (χ0v) is 9.70. The lowest BCUT2D eigenvalue weighted by atomic mass is 10.2. The number of hydrogen-bond acceptors (Lipinski definition) is 3. The molecule has 0 saturated carbocycles. The van der Waals surface area contributed by atoms with E-state index in [0.29, 0.717) is 0 Å². The fourth-order valence-electron chi connectivity index (χ4n) is 1.39. The molecule has 1 rings (SSSR count). The predicted molar refractivity (Wildman–Crippen MR) is 64.9 cm³/mol. The highest BCUT2D eigenvalue weighted by molar-refractivity contribution is 5.45. The number of rotatable bonds is 4. The highest BCUT2D eigenvalue weighted by atomic mass is 15.1. The van der Waals surface area contributed by atoms with E-state index in [2.05, 4.69) is 16.5 Å². The molecule has 0 saturated heterocycles. The molecule has 3 heteroatoms. The molecule has 0 radical (unpaired) electrons. The zero-order valence-electron chi connectivity index (χ0n) is 9.70. The van der Waals surface area contributed by atoms with Crippen molar-refractivity contribution >= 4 is 5.69 Å². The normalized spacial score (nSPS) is 12.3. The first-order valence-electron chi connectivity index (χ1n) is 5.07. The van der Waals surface area contributed by atoms with Gasteiger partial charge in [0.2, 0.25) is 0 Å². The Bertz CT molecular complexity index is 327. The zero-order chi connectivity index (χ0) is 11.4. The second-order valence-electron chi connectivity index (χ2n) is 4.04. The van der Waals surface area contributed by atoms with Gasteiger partial charge >= 0.3 is 0 Å². The Morgan fingerprint density at radius 1 is 1.60 bits per heavy atom. The molecule has 0 aromatic carbocycles. The van der Waals surface area contributed by atoms with E-state index in [-0.39, 0.29) is 6.04 Å². The third-order valence-corrected chi connectivity index (χ3v) is 2.19. The third kappa shape index (κ3) is 3.36. The van der Waals surface area contributed by atoms with E-state index in [9.17, 15) is 0 Å². The van der Waals surface area contributed by atoms with Crippen LogP contribution < -0.4 is 10.6 Å². The number of nitrogens with two attached hydrogens (primary N) is 1. The van der Waals surface area contributed by atoms with Crippen LogP contribution in [-0.4, -0.2) is 18.6 Å². The van der Waals surface area contributed by atoms with E-state index < -0.39 is 0 Å². The fraction of sp³-hybridized carbons (Fsp3) is 0.417. The molecule has 0 fully saturated rings. The van der Waals surface area contributed by atoms with Crippen molar-refractivity contribution in [3.05, 3.63) is 36.2 Å². The van der Waals surface area contributed by atoms with Crippen LogP contribution in [0.2, 0.25) is 0 Å². The molecule has 3 nitrogen and oxygen atoms in total. The lowest BCUT2D eigenvalue weighted by Crippen LogP contribution is -2.19. The van der Waals surface area contributed by atoms with Gasteiger partial charge in [-0.25, -0.2) is 0 Å². The Morgan fingerprint density at radius 3 is 2.67 bits per heavy atom.